The van der Waals surface area contributed by atoms with Crippen LogP contribution in [0.1, 0.15) is 15.9 Å². The van der Waals surface area contributed by atoms with E-state index in [1.54, 1.807) is 24.4 Å². The fraction of sp³-hybridized carbons (Fsp3) is 0.0455. The van der Waals surface area contributed by atoms with E-state index in [2.05, 4.69) is 15.6 Å². The van der Waals surface area contributed by atoms with Gasteiger partial charge in [0, 0.05) is 29.5 Å². The number of nitrogens with one attached hydrogen (secondary N) is 2. The van der Waals surface area contributed by atoms with E-state index in [1.807, 2.05) is 55.5 Å². The van der Waals surface area contributed by atoms with Crippen LogP contribution in [0.3, 0.4) is 0 Å². The number of hydrogen-bond acceptors (Lipinski definition) is 4. The number of pyridine rings is 1. The van der Waals surface area contributed by atoms with Crippen LogP contribution < -0.4 is 16.2 Å². The molecule has 4 rings (SSSR count). The monoisotopic (exact) mass is 370 g/mol. The van der Waals surface area contributed by atoms with Gasteiger partial charge in [0.25, 0.3) is 11.5 Å². The largest absolute Gasteiger partial charge is 0.356 e. The molecule has 0 bridgehead atoms. The van der Waals surface area contributed by atoms with Gasteiger partial charge in [-0.05, 0) is 55.0 Å². The molecule has 28 heavy (non-hydrogen) atoms. The predicted molar refractivity (Wildman–Crippen MR) is 110 cm³/mol. The minimum absolute atomic E-state index is 0.00501. The van der Waals surface area contributed by atoms with Crippen molar-refractivity contribution >= 4 is 28.6 Å². The maximum atomic E-state index is 12.6. The van der Waals surface area contributed by atoms with Crippen LogP contribution in [0.25, 0.3) is 5.65 Å². The molecule has 1 amide bonds. The molecule has 4 aromatic rings. The Labute approximate surface area is 161 Å². The lowest BCUT2D eigenvalue weighted by Gasteiger charge is -2.09. The number of hydrogen-bond donors (Lipinski definition) is 2. The zero-order chi connectivity index (χ0) is 19.5. The van der Waals surface area contributed by atoms with Crippen LogP contribution >= 0.6 is 0 Å². The van der Waals surface area contributed by atoms with E-state index in [0.717, 1.165) is 16.9 Å². The van der Waals surface area contributed by atoms with Crippen LogP contribution in [-0.2, 0) is 0 Å². The van der Waals surface area contributed by atoms with Crippen LogP contribution in [0, 0.1) is 6.92 Å². The SMILES string of the molecule is Cc1ccc2ncc(C(=O)Nc3ccc(Nc4ccccc4)cc3)c(=O)n2c1. The van der Waals surface area contributed by atoms with E-state index in [9.17, 15) is 9.59 Å². The number of carbonyl (C=O) groups is 1. The van der Waals surface area contributed by atoms with Gasteiger partial charge in [0.2, 0.25) is 0 Å². The van der Waals surface area contributed by atoms with Crippen molar-refractivity contribution in [2.45, 2.75) is 6.92 Å². The van der Waals surface area contributed by atoms with Crippen LogP contribution in [0.5, 0.6) is 0 Å². The number of amides is 1. The summed E-state index contributed by atoms with van der Waals surface area (Å²) in [5.74, 6) is -0.489. The van der Waals surface area contributed by atoms with E-state index < -0.39 is 11.5 Å². The first-order chi connectivity index (χ1) is 13.6. The molecular weight excluding hydrogens is 352 g/mol. The molecule has 6 heteroatoms. The van der Waals surface area contributed by atoms with Gasteiger partial charge >= 0.3 is 0 Å². The molecule has 0 saturated carbocycles. The average molecular weight is 370 g/mol. The minimum atomic E-state index is -0.489. The molecule has 2 N–H and O–H groups in total. The summed E-state index contributed by atoms with van der Waals surface area (Å²) in [5.41, 5.74) is 3.48. The fourth-order valence-electron chi connectivity index (χ4n) is 2.86. The van der Waals surface area contributed by atoms with Gasteiger partial charge in [-0.3, -0.25) is 14.0 Å². The Kier molecular flexibility index (Phi) is 4.60. The molecule has 0 unspecified atom stereocenters. The van der Waals surface area contributed by atoms with Gasteiger partial charge in [-0.1, -0.05) is 24.3 Å². The molecular formula is C22H18N4O2. The molecule has 0 aliphatic carbocycles. The number of para-hydroxylation sites is 1. The van der Waals surface area contributed by atoms with Gasteiger partial charge in [0.1, 0.15) is 11.2 Å². The number of aryl methyl sites for hydroxylation is 1. The lowest BCUT2D eigenvalue weighted by Crippen LogP contribution is -2.26. The van der Waals surface area contributed by atoms with Crippen molar-refractivity contribution in [2.24, 2.45) is 0 Å². The van der Waals surface area contributed by atoms with Crippen LogP contribution in [-0.4, -0.2) is 15.3 Å². The maximum absolute atomic E-state index is 12.6. The van der Waals surface area contributed by atoms with Crippen molar-refractivity contribution in [2.75, 3.05) is 10.6 Å². The average Bonchev–Trinajstić information content (AvgIpc) is 2.71. The topological polar surface area (TPSA) is 75.5 Å². The third-order valence-electron chi connectivity index (χ3n) is 4.30. The summed E-state index contributed by atoms with van der Waals surface area (Å²) in [4.78, 5) is 29.4. The molecule has 0 spiro atoms. The summed E-state index contributed by atoms with van der Waals surface area (Å²) >= 11 is 0. The molecule has 138 valence electrons. The van der Waals surface area contributed by atoms with E-state index in [-0.39, 0.29) is 5.56 Å². The number of rotatable bonds is 4. The van der Waals surface area contributed by atoms with E-state index in [0.29, 0.717) is 11.3 Å². The number of benzene rings is 2. The Morgan fingerprint density at radius 3 is 2.32 bits per heavy atom. The third-order valence-corrected chi connectivity index (χ3v) is 4.30. The molecule has 0 radical (unpaired) electrons. The Balaban J connectivity index is 1.53. The number of anilines is 3. The minimum Gasteiger partial charge on any atom is -0.356 e. The van der Waals surface area contributed by atoms with Gasteiger partial charge < -0.3 is 10.6 Å². The highest BCUT2D eigenvalue weighted by Crippen LogP contribution is 2.19. The molecule has 0 aliphatic rings. The number of aromatic nitrogens is 2. The Morgan fingerprint density at radius 2 is 1.57 bits per heavy atom. The van der Waals surface area contributed by atoms with Gasteiger partial charge in [-0.15, -0.1) is 0 Å². The Hall–Kier alpha value is -3.93. The quantitative estimate of drug-likeness (QED) is 0.569. The van der Waals surface area contributed by atoms with Crippen LogP contribution in [0.15, 0.2) is 83.9 Å². The van der Waals surface area contributed by atoms with Crippen molar-refractivity contribution in [3.8, 4) is 0 Å². The van der Waals surface area contributed by atoms with Gasteiger partial charge in [-0.25, -0.2) is 4.98 Å². The normalized spacial score (nSPS) is 10.6. The number of fused-ring (bicyclic) bond motifs is 1. The first-order valence-electron chi connectivity index (χ1n) is 8.82. The van der Waals surface area contributed by atoms with E-state index in [4.69, 9.17) is 0 Å². The first-order valence-corrected chi connectivity index (χ1v) is 8.82. The van der Waals surface area contributed by atoms with Crippen molar-refractivity contribution in [1.82, 2.24) is 9.38 Å². The van der Waals surface area contributed by atoms with Crippen LogP contribution in [0.4, 0.5) is 17.1 Å². The summed E-state index contributed by atoms with van der Waals surface area (Å²) < 4.78 is 1.39. The summed E-state index contributed by atoms with van der Waals surface area (Å²) in [6.45, 7) is 1.88. The van der Waals surface area contributed by atoms with Crippen LogP contribution in [0.2, 0.25) is 0 Å². The second-order valence-electron chi connectivity index (χ2n) is 6.43. The van der Waals surface area contributed by atoms with Crippen molar-refractivity contribution in [1.29, 1.82) is 0 Å². The lowest BCUT2D eigenvalue weighted by atomic mass is 10.2. The molecule has 0 saturated heterocycles. The summed E-state index contributed by atoms with van der Waals surface area (Å²) in [7, 11) is 0. The number of carbonyl (C=O) groups excluding carboxylic acids is 1. The molecule has 0 aliphatic heterocycles. The zero-order valence-corrected chi connectivity index (χ0v) is 15.2. The predicted octanol–water partition coefficient (Wildman–Crippen LogP) is 4.00. The fourth-order valence-corrected chi connectivity index (χ4v) is 2.86. The molecule has 0 fully saturated rings. The molecule has 6 nitrogen and oxygen atoms in total. The Bertz CT molecular complexity index is 1200. The molecule has 2 heterocycles. The van der Waals surface area contributed by atoms with Crippen molar-refractivity contribution in [3.05, 3.63) is 101 Å². The molecule has 2 aromatic carbocycles. The second kappa shape index (κ2) is 7.36. The highest BCUT2D eigenvalue weighted by atomic mass is 16.2. The summed E-state index contributed by atoms with van der Waals surface area (Å²) in [5, 5.41) is 6.02. The molecule has 2 aromatic heterocycles. The van der Waals surface area contributed by atoms with E-state index >= 15 is 0 Å². The van der Waals surface area contributed by atoms with Crippen molar-refractivity contribution in [3.63, 3.8) is 0 Å². The highest BCUT2D eigenvalue weighted by molar-refractivity contribution is 6.04. The van der Waals surface area contributed by atoms with Crippen molar-refractivity contribution < 1.29 is 4.79 Å². The van der Waals surface area contributed by atoms with Gasteiger partial charge in [0.15, 0.2) is 0 Å². The maximum Gasteiger partial charge on any atom is 0.270 e. The third kappa shape index (κ3) is 3.61. The second-order valence-corrected chi connectivity index (χ2v) is 6.43. The smallest absolute Gasteiger partial charge is 0.270 e. The molecule has 0 atom stereocenters. The highest BCUT2D eigenvalue weighted by Gasteiger charge is 2.13. The zero-order valence-electron chi connectivity index (χ0n) is 15.2. The van der Waals surface area contributed by atoms with E-state index in [1.165, 1.54) is 10.6 Å². The van der Waals surface area contributed by atoms with Gasteiger partial charge in [-0.2, -0.15) is 0 Å². The van der Waals surface area contributed by atoms with Gasteiger partial charge in [0.05, 0.1) is 0 Å². The lowest BCUT2D eigenvalue weighted by molar-refractivity contribution is 0.102. The standard InChI is InChI=1S/C22H18N4O2/c1-15-7-12-20-23-13-19(22(28)26(20)14-15)21(27)25-18-10-8-17(9-11-18)24-16-5-3-2-4-6-16/h2-14,24H,1H3,(H,25,27). The summed E-state index contributed by atoms with van der Waals surface area (Å²) in [6.07, 6.45) is 2.99. The number of nitrogens with zero attached hydrogens (tertiary/aromatic N) is 2. The Morgan fingerprint density at radius 1 is 0.893 bits per heavy atom. The first kappa shape index (κ1) is 17.5. The summed E-state index contributed by atoms with van der Waals surface area (Å²) in [6, 6.07) is 20.7.